The van der Waals surface area contributed by atoms with E-state index < -0.39 is 10.0 Å². The highest BCUT2D eigenvalue weighted by Crippen LogP contribution is 2.30. The van der Waals surface area contributed by atoms with Crippen molar-refractivity contribution in [1.82, 2.24) is 19.1 Å². The van der Waals surface area contributed by atoms with E-state index in [2.05, 4.69) is 10.1 Å². The molecule has 146 valence electrons. The van der Waals surface area contributed by atoms with E-state index in [1.165, 1.54) is 0 Å². The fraction of sp³-hybridized carbons (Fsp3) is 0.579. The first-order valence-electron chi connectivity index (χ1n) is 9.60. The lowest BCUT2D eigenvalue weighted by Gasteiger charge is -2.31. The van der Waals surface area contributed by atoms with E-state index in [4.69, 9.17) is 4.74 Å². The highest BCUT2D eigenvalue weighted by molar-refractivity contribution is 7.89. The summed E-state index contributed by atoms with van der Waals surface area (Å²) in [6.45, 7) is 2.88. The van der Waals surface area contributed by atoms with E-state index in [-0.39, 0.29) is 6.10 Å². The van der Waals surface area contributed by atoms with Crippen molar-refractivity contribution in [2.45, 2.75) is 56.6 Å². The zero-order valence-electron chi connectivity index (χ0n) is 15.9. The smallest absolute Gasteiger partial charge is 0.260 e. The van der Waals surface area contributed by atoms with Crippen LogP contribution >= 0.6 is 0 Å². The molecule has 4 rings (SSSR count). The SMILES string of the molecule is Cc1cccnc1OC1CCN(S(=O)(=O)c2c3c(nn2C)CCCC3)CC1. The molecule has 0 N–H and O–H groups in total. The lowest BCUT2D eigenvalue weighted by Crippen LogP contribution is -2.42. The fourth-order valence-electron chi connectivity index (χ4n) is 4.04. The molecule has 0 bridgehead atoms. The predicted molar refractivity (Wildman–Crippen MR) is 101 cm³/mol. The van der Waals surface area contributed by atoms with Gasteiger partial charge in [-0.1, -0.05) is 6.07 Å². The number of aryl methyl sites for hydroxylation is 3. The normalized spacial score (nSPS) is 19.0. The summed E-state index contributed by atoms with van der Waals surface area (Å²) in [5.74, 6) is 0.638. The summed E-state index contributed by atoms with van der Waals surface area (Å²) < 4.78 is 35.7. The van der Waals surface area contributed by atoms with E-state index in [0.29, 0.717) is 36.8 Å². The van der Waals surface area contributed by atoms with Crippen LogP contribution in [-0.2, 0) is 29.9 Å². The topological polar surface area (TPSA) is 77.3 Å². The third-order valence-electron chi connectivity index (χ3n) is 5.49. The van der Waals surface area contributed by atoms with Crippen LogP contribution in [0.5, 0.6) is 5.88 Å². The van der Waals surface area contributed by atoms with Crippen LogP contribution in [0.2, 0.25) is 0 Å². The van der Waals surface area contributed by atoms with E-state index >= 15 is 0 Å². The summed E-state index contributed by atoms with van der Waals surface area (Å²) in [6, 6.07) is 3.85. The molecule has 0 aromatic carbocycles. The molecule has 8 heteroatoms. The molecule has 2 aromatic rings. The van der Waals surface area contributed by atoms with Gasteiger partial charge in [-0.25, -0.2) is 13.4 Å². The number of aromatic nitrogens is 3. The zero-order valence-corrected chi connectivity index (χ0v) is 16.7. The second-order valence-corrected chi connectivity index (χ2v) is 9.26. The fourth-order valence-corrected chi connectivity index (χ4v) is 5.88. The van der Waals surface area contributed by atoms with Crippen LogP contribution in [0.25, 0.3) is 0 Å². The quantitative estimate of drug-likeness (QED) is 0.800. The van der Waals surface area contributed by atoms with E-state index in [1.807, 2.05) is 19.1 Å². The predicted octanol–water partition coefficient (Wildman–Crippen LogP) is 2.23. The monoisotopic (exact) mass is 390 g/mol. The Balaban J connectivity index is 1.48. The summed E-state index contributed by atoms with van der Waals surface area (Å²) in [5, 5.41) is 4.86. The maximum Gasteiger partial charge on any atom is 0.260 e. The Hall–Kier alpha value is -1.93. The highest BCUT2D eigenvalue weighted by atomic mass is 32.2. The molecule has 7 nitrogen and oxygen atoms in total. The van der Waals surface area contributed by atoms with Gasteiger partial charge in [-0.05, 0) is 51.5 Å². The number of pyridine rings is 1. The summed E-state index contributed by atoms with van der Waals surface area (Å²) in [6.07, 6.45) is 6.82. The maximum atomic E-state index is 13.3. The minimum atomic E-state index is -3.53. The van der Waals surface area contributed by atoms with E-state index in [1.54, 1.807) is 22.2 Å². The van der Waals surface area contributed by atoms with Crippen LogP contribution < -0.4 is 4.74 Å². The Labute approximate surface area is 160 Å². The third-order valence-corrected chi connectivity index (χ3v) is 7.53. The van der Waals surface area contributed by atoms with Crippen molar-refractivity contribution in [1.29, 1.82) is 0 Å². The molecular formula is C19H26N4O3S. The van der Waals surface area contributed by atoms with Crippen molar-refractivity contribution in [2.24, 2.45) is 7.05 Å². The minimum absolute atomic E-state index is 0.00879. The number of sulfonamides is 1. The molecule has 1 saturated heterocycles. The molecule has 1 fully saturated rings. The highest BCUT2D eigenvalue weighted by Gasteiger charge is 2.36. The van der Waals surface area contributed by atoms with Crippen molar-refractivity contribution in [3.63, 3.8) is 0 Å². The number of ether oxygens (including phenoxy) is 1. The van der Waals surface area contributed by atoms with Crippen LogP contribution in [0.3, 0.4) is 0 Å². The molecular weight excluding hydrogens is 364 g/mol. The van der Waals surface area contributed by atoms with Crippen LogP contribution in [0.15, 0.2) is 23.4 Å². The van der Waals surface area contributed by atoms with Gasteiger partial charge < -0.3 is 4.74 Å². The molecule has 0 amide bonds. The summed E-state index contributed by atoms with van der Waals surface area (Å²) in [7, 11) is -1.79. The van der Waals surface area contributed by atoms with Gasteiger partial charge in [0.1, 0.15) is 6.10 Å². The van der Waals surface area contributed by atoms with Crippen molar-refractivity contribution in [3.8, 4) is 5.88 Å². The molecule has 27 heavy (non-hydrogen) atoms. The second kappa shape index (κ2) is 7.24. The first-order valence-corrected chi connectivity index (χ1v) is 11.0. The minimum Gasteiger partial charge on any atom is -0.474 e. The lowest BCUT2D eigenvalue weighted by atomic mass is 9.99. The second-order valence-electron chi connectivity index (χ2n) is 7.41. The van der Waals surface area contributed by atoms with Crippen molar-refractivity contribution < 1.29 is 13.2 Å². The molecule has 0 unspecified atom stereocenters. The van der Waals surface area contributed by atoms with Gasteiger partial charge in [0, 0.05) is 37.5 Å². The number of rotatable bonds is 4. The Morgan fingerprint density at radius 2 is 1.93 bits per heavy atom. The van der Waals surface area contributed by atoms with Crippen molar-refractivity contribution in [2.75, 3.05) is 13.1 Å². The molecule has 3 heterocycles. The van der Waals surface area contributed by atoms with Crippen LogP contribution in [-0.4, -0.2) is 46.7 Å². The number of piperidine rings is 1. The average molecular weight is 391 g/mol. The Morgan fingerprint density at radius 1 is 1.19 bits per heavy atom. The van der Waals surface area contributed by atoms with Gasteiger partial charge in [0.25, 0.3) is 10.0 Å². The molecule has 0 saturated carbocycles. The Bertz CT molecular complexity index is 930. The van der Waals surface area contributed by atoms with Crippen molar-refractivity contribution in [3.05, 3.63) is 35.2 Å². The van der Waals surface area contributed by atoms with Crippen LogP contribution in [0.1, 0.15) is 42.5 Å². The molecule has 0 atom stereocenters. The number of hydrogen-bond donors (Lipinski definition) is 0. The van der Waals surface area contributed by atoms with E-state index in [9.17, 15) is 8.42 Å². The summed E-state index contributed by atoms with van der Waals surface area (Å²) in [4.78, 5) is 4.27. The van der Waals surface area contributed by atoms with Gasteiger partial charge in [0.05, 0.1) is 5.69 Å². The molecule has 1 aliphatic heterocycles. The first-order chi connectivity index (χ1) is 13.0. The maximum absolute atomic E-state index is 13.3. The largest absolute Gasteiger partial charge is 0.474 e. The van der Waals surface area contributed by atoms with Gasteiger partial charge in [-0.2, -0.15) is 9.40 Å². The number of hydrogen-bond acceptors (Lipinski definition) is 5. The molecule has 2 aromatic heterocycles. The van der Waals surface area contributed by atoms with Gasteiger partial charge in [0.2, 0.25) is 5.88 Å². The average Bonchev–Trinajstić information content (AvgIpc) is 3.00. The van der Waals surface area contributed by atoms with Crippen molar-refractivity contribution >= 4 is 10.0 Å². The molecule has 1 aliphatic carbocycles. The van der Waals surface area contributed by atoms with Gasteiger partial charge in [-0.3, -0.25) is 4.68 Å². The van der Waals surface area contributed by atoms with Gasteiger partial charge in [-0.15, -0.1) is 0 Å². The van der Waals surface area contributed by atoms with Gasteiger partial charge in [0.15, 0.2) is 5.03 Å². The van der Waals surface area contributed by atoms with E-state index in [0.717, 1.165) is 42.5 Å². The molecule has 0 radical (unpaired) electrons. The molecule has 0 spiro atoms. The standard InChI is InChI=1S/C19H26N4O3S/c1-14-6-5-11-20-18(14)26-15-9-12-23(13-10-15)27(24,25)19-16-7-3-4-8-17(16)21-22(19)2/h5-6,11,15H,3-4,7-10,12-13H2,1-2H3. The third kappa shape index (κ3) is 3.48. The Kier molecular flexibility index (Phi) is 4.94. The van der Waals surface area contributed by atoms with Crippen LogP contribution in [0.4, 0.5) is 0 Å². The zero-order chi connectivity index (χ0) is 19.0. The first kappa shape index (κ1) is 18.4. The van der Waals surface area contributed by atoms with Gasteiger partial charge >= 0.3 is 0 Å². The number of fused-ring (bicyclic) bond motifs is 1. The lowest BCUT2D eigenvalue weighted by molar-refractivity contribution is 0.129. The Morgan fingerprint density at radius 3 is 2.67 bits per heavy atom. The summed E-state index contributed by atoms with van der Waals surface area (Å²) >= 11 is 0. The summed E-state index contributed by atoms with van der Waals surface area (Å²) in [5.41, 5.74) is 2.87. The molecule has 2 aliphatic rings. The van der Waals surface area contributed by atoms with Crippen LogP contribution in [0, 0.1) is 6.92 Å². The number of nitrogens with zero attached hydrogens (tertiary/aromatic N) is 4.